The van der Waals surface area contributed by atoms with Crippen LogP contribution in [-0.4, -0.2) is 29.2 Å². The fraction of sp³-hybridized carbons (Fsp3) is 0.556. The average molecular weight is 196 g/mol. The van der Waals surface area contributed by atoms with Crippen LogP contribution in [0.4, 0.5) is 0 Å². The summed E-state index contributed by atoms with van der Waals surface area (Å²) in [5.74, 6) is -0.0173. The number of likely N-dealkylation sites (N-methyl/N-ethyl adjacent to an activating group) is 1. The number of amides is 1. The lowest BCUT2D eigenvalue weighted by atomic mass is 10.2. The average Bonchev–Trinajstić information content (AvgIpc) is 2.69. The molecule has 0 bridgehead atoms. The molecule has 3 N–H and O–H groups in total. The molecule has 1 rings (SSSR count). The molecule has 78 valence electrons. The maximum atomic E-state index is 11.2. The lowest BCUT2D eigenvalue weighted by Crippen LogP contribution is -2.41. The van der Waals surface area contributed by atoms with E-state index in [1.807, 2.05) is 19.9 Å². The Morgan fingerprint density at radius 3 is 2.79 bits per heavy atom. The van der Waals surface area contributed by atoms with Crippen LogP contribution >= 0.6 is 0 Å². The summed E-state index contributed by atoms with van der Waals surface area (Å²) in [7, 11) is 1.63. The Labute approximate surface area is 83.3 Å². The van der Waals surface area contributed by atoms with Crippen molar-refractivity contribution in [2.45, 2.75) is 25.9 Å². The minimum atomic E-state index is -0.210. The molecule has 1 aromatic rings. The first-order valence-electron chi connectivity index (χ1n) is 4.62. The first-order valence-corrected chi connectivity index (χ1v) is 4.62. The highest BCUT2D eigenvalue weighted by Gasteiger charge is 2.15. The van der Waals surface area contributed by atoms with Gasteiger partial charge in [0.05, 0.1) is 11.7 Å². The smallest absolute Gasteiger partial charge is 0.236 e. The summed E-state index contributed by atoms with van der Waals surface area (Å²) in [6.07, 6.45) is 1.69. The van der Waals surface area contributed by atoms with Crippen LogP contribution in [0.2, 0.25) is 0 Å². The summed E-state index contributed by atoms with van der Waals surface area (Å²) in [5, 5.41) is 12.4. The Kier molecular flexibility index (Phi) is 3.64. The highest BCUT2D eigenvalue weighted by Crippen LogP contribution is 2.07. The molecule has 5 nitrogen and oxygen atoms in total. The van der Waals surface area contributed by atoms with Gasteiger partial charge in [0.15, 0.2) is 0 Å². The molecule has 0 fully saturated rings. The largest absolute Gasteiger partial charge is 0.358 e. The third-order valence-electron chi connectivity index (χ3n) is 2.13. The molecular weight excluding hydrogens is 180 g/mol. The normalized spacial score (nSPS) is 14.8. The van der Waals surface area contributed by atoms with Crippen molar-refractivity contribution in [3.8, 4) is 0 Å². The number of H-pyrrole nitrogens is 1. The standard InChI is InChI=1S/C9H16N4O/c1-6(8-4-5-11-13-8)12-7(2)9(14)10-3/h4-7,12H,1-3H3,(H,10,14)(H,11,13). The van der Waals surface area contributed by atoms with Crippen molar-refractivity contribution in [2.24, 2.45) is 0 Å². The highest BCUT2D eigenvalue weighted by atomic mass is 16.2. The first kappa shape index (κ1) is 10.7. The number of aromatic amines is 1. The molecule has 0 saturated carbocycles. The van der Waals surface area contributed by atoms with Crippen molar-refractivity contribution < 1.29 is 4.79 Å². The molecule has 1 heterocycles. The SMILES string of the molecule is CNC(=O)C(C)NC(C)c1ccn[nH]1. The summed E-state index contributed by atoms with van der Waals surface area (Å²) in [5.41, 5.74) is 0.973. The summed E-state index contributed by atoms with van der Waals surface area (Å²) < 4.78 is 0. The van der Waals surface area contributed by atoms with Gasteiger partial charge >= 0.3 is 0 Å². The van der Waals surface area contributed by atoms with Gasteiger partial charge in [0.2, 0.25) is 5.91 Å². The molecule has 0 radical (unpaired) electrons. The van der Waals surface area contributed by atoms with Crippen molar-refractivity contribution in [2.75, 3.05) is 7.05 Å². The number of hydrogen-bond acceptors (Lipinski definition) is 3. The van der Waals surface area contributed by atoms with E-state index in [0.717, 1.165) is 5.69 Å². The molecule has 0 aromatic carbocycles. The van der Waals surface area contributed by atoms with Crippen molar-refractivity contribution in [1.82, 2.24) is 20.8 Å². The second-order valence-corrected chi connectivity index (χ2v) is 3.24. The van der Waals surface area contributed by atoms with E-state index < -0.39 is 0 Å². The molecule has 0 spiro atoms. The Morgan fingerprint density at radius 2 is 2.29 bits per heavy atom. The first-order chi connectivity index (χ1) is 6.65. The predicted octanol–water partition coefficient (Wildman–Crippen LogP) is 0.195. The lowest BCUT2D eigenvalue weighted by Gasteiger charge is -2.17. The minimum Gasteiger partial charge on any atom is -0.358 e. The molecule has 0 aliphatic rings. The van der Waals surface area contributed by atoms with Crippen molar-refractivity contribution >= 4 is 5.91 Å². The molecule has 14 heavy (non-hydrogen) atoms. The maximum Gasteiger partial charge on any atom is 0.236 e. The van der Waals surface area contributed by atoms with Gasteiger partial charge in [-0.05, 0) is 19.9 Å². The molecule has 1 amide bonds. The van der Waals surface area contributed by atoms with Gasteiger partial charge in [-0.1, -0.05) is 0 Å². The van der Waals surface area contributed by atoms with Crippen LogP contribution in [0.3, 0.4) is 0 Å². The number of nitrogens with one attached hydrogen (secondary N) is 3. The van der Waals surface area contributed by atoms with Crippen LogP contribution in [-0.2, 0) is 4.79 Å². The maximum absolute atomic E-state index is 11.2. The van der Waals surface area contributed by atoms with Gasteiger partial charge in [-0.25, -0.2) is 0 Å². The van der Waals surface area contributed by atoms with E-state index >= 15 is 0 Å². The number of nitrogens with zero attached hydrogens (tertiary/aromatic N) is 1. The Balaban J connectivity index is 2.49. The lowest BCUT2D eigenvalue weighted by molar-refractivity contribution is -0.122. The Hall–Kier alpha value is -1.36. The number of carbonyl (C=O) groups is 1. The Bertz CT molecular complexity index is 283. The zero-order chi connectivity index (χ0) is 10.6. The molecular formula is C9H16N4O. The quantitative estimate of drug-likeness (QED) is 0.644. The zero-order valence-electron chi connectivity index (χ0n) is 8.66. The van der Waals surface area contributed by atoms with Crippen molar-refractivity contribution in [3.05, 3.63) is 18.0 Å². The predicted molar refractivity (Wildman–Crippen MR) is 53.7 cm³/mol. The molecule has 0 aliphatic heterocycles. The van der Waals surface area contributed by atoms with E-state index in [0.29, 0.717) is 0 Å². The third-order valence-corrected chi connectivity index (χ3v) is 2.13. The van der Waals surface area contributed by atoms with E-state index in [9.17, 15) is 4.79 Å². The van der Waals surface area contributed by atoms with E-state index in [1.54, 1.807) is 13.2 Å². The second kappa shape index (κ2) is 4.76. The minimum absolute atomic E-state index is 0.0173. The van der Waals surface area contributed by atoms with Crippen molar-refractivity contribution in [1.29, 1.82) is 0 Å². The van der Waals surface area contributed by atoms with Gasteiger partial charge in [-0.2, -0.15) is 5.10 Å². The molecule has 0 aliphatic carbocycles. The third kappa shape index (κ3) is 2.56. The van der Waals surface area contributed by atoms with Gasteiger partial charge in [0.1, 0.15) is 0 Å². The number of hydrogen-bond donors (Lipinski definition) is 3. The van der Waals surface area contributed by atoms with Gasteiger partial charge in [0.25, 0.3) is 0 Å². The van der Waals surface area contributed by atoms with Gasteiger partial charge in [-0.3, -0.25) is 15.2 Å². The molecule has 0 saturated heterocycles. The summed E-state index contributed by atoms with van der Waals surface area (Å²) in [4.78, 5) is 11.2. The van der Waals surface area contributed by atoms with Crippen LogP contribution in [0, 0.1) is 0 Å². The highest BCUT2D eigenvalue weighted by molar-refractivity contribution is 5.80. The summed E-state index contributed by atoms with van der Waals surface area (Å²) in [6, 6.07) is 1.76. The van der Waals surface area contributed by atoms with E-state index in [4.69, 9.17) is 0 Å². The number of carbonyl (C=O) groups excluding carboxylic acids is 1. The molecule has 5 heteroatoms. The molecule has 2 atom stereocenters. The Morgan fingerprint density at radius 1 is 1.57 bits per heavy atom. The molecule has 2 unspecified atom stereocenters. The van der Waals surface area contributed by atoms with Gasteiger partial charge < -0.3 is 5.32 Å². The number of aromatic nitrogens is 2. The summed E-state index contributed by atoms with van der Waals surface area (Å²) in [6.45, 7) is 3.80. The molecule has 1 aromatic heterocycles. The van der Waals surface area contributed by atoms with Crippen LogP contribution in [0.25, 0.3) is 0 Å². The van der Waals surface area contributed by atoms with E-state index in [1.165, 1.54) is 0 Å². The topological polar surface area (TPSA) is 69.8 Å². The second-order valence-electron chi connectivity index (χ2n) is 3.24. The van der Waals surface area contributed by atoms with Gasteiger partial charge in [-0.15, -0.1) is 0 Å². The van der Waals surface area contributed by atoms with Crippen LogP contribution in [0.1, 0.15) is 25.6 Å². The van der Waals surface area contributed by atoms with E-state index in [2.05, 4.69) is 20.8 Å². The van der Waals surface area contributed by atoms with Crippen LogP contribution in [0.5, 0.6) is 0 Å². The van der Waals surface area contributed by atoms with Crippen LogP contribution < -0.4 is 10.6 Å². The fourth-order valence-corrected chi connectivity index (χ4v) is 1.26. The van der Waals surface area contributed by atoms with Gasteiger partial charge in [0, 0.05) is 19.3 Å². The number of rotatable bonds is 4. The monoisotopic (exact) mass is 196 g/mol. The summed E-state index contributed by atoms with van der Waals surface area (Å²) >= 11 is 0. The van der Waals surface area contributed by atoms with E-state index in [-0.39, 0.29) is 18.0 Å². The van der Waals surface area contributed by atoms with Crippen molar-refractivity contribution in [3.63, 3.8) is 0 Å². The van der Waals surface area contributed by atoms with Crippen LogP contribution in [0.15, 0.2) is 12.3 Å². The zero-order valence-corrected chi connectivity index (χ0v) is 8.66. The fourth-order valence-electron chi connectivity index (χ4n) is 1.26.